The molecule has 0 amide bonds. The largest absolute Gasteiger partial charge is 0.496 e. The first-order chi connectivity index (χ1) is 12.2. The summed E-state index contributed by atoms with van der Waals surface area (Å²) in [5.41, 5.74) is 9.13. The molecule has 1 heterocycles. The lowest BCUT2D eigenvalue weighted by molar-refractivity contribution is 0.389. The molecular weight excluding hydrogens is 310 g/mol. The van der Waals surface area contributed by atoms with Crippen LogP contribution in [0, 0.1) is 0 Å². The van der Waals surface area contributed by atoms with Gasteiger partial charge in [-0.15, -0.1) is 0 Å². The Morgan fingerprint density at radius 3 is 2.84 bits per heavy atom. The van der Waals surface area contributed by atoms with Gasteiger partial charge in [0.25, 0.3) is 0 Å². The normalized spacial score (nSPS) is 16.8. The first-order valence-corrected chi connectivity index (χ1v) is 9.66. The minimum absolute atomic E-state index is 0.360. The Balaban J connectivity index is 2.01. The Morgan fingerprint density at radius 2 is 2.12 bits per heavy atom. The van der Waals surface area contributed by atoms with Gasteiger partial charge in [0.1, 0.15) is 5.75 Å². The van der Waals surface area contributed by atoms with Crippen LogP contribution in [-0.2, 0) is 0 Å². The Kier molecular flexibility index (Phi) is 6.14. The summed E-state index contributed by atoms with van der Waals surface area (Å²) < 4.78 is 5.82. The van der Waals surface area contributed by atoms with E-state index >= 15 is 0 Å². The summed E-state index contributed by atoms with van der Waals surface area (Å²) in [5.74, 6) is 1.58. The van der Waals surface area contributed by atoms with Crippen LogP contribution in [0.15, 0.2) is 24.4 Å². The van der Waals surface area contributed by atoms with Gasteiger partial charge < -0.3 is 15.8 Å². The number of benzene rings is 1. The van der Waals surface area contributed by atoms with Crippen molar-refractivity contribution >= 4 is 16.6 Å². The first kappa shape index (κ1) is 18.0. The van der Waals surface area contributed by atoms with Crippen LogP contribution < -0.4 is 15.8 Å². The molecule has 1 aliphatic carbocycles. The number of aromatic nitrogens is 1. The fraction of sp³-hybridized carbons (Fsp3) is 0.571. The van der Waals surface area contributed by atoms with Gasteiger partial charge in [0, 0.05) is 29.3 Å². The Hall–Kier alpha value is -1.81. The van der Waals surface area contributed by atoms with Gasteiger partial charge in [0.15, 0.2) is 0 Å². The van der Waals surface area contributed by atoms with Crippen molar-refractivity contribution in [2.75, 3.05) is 19.0 Å². The molecule has 0 bridgehead atoms. The number of pyridine rings is 1. The van der Waals surface area contributed by atoms with E-state index < -0.39 is 0 Å². The highest BCUT2D eigenvalue weighted by molar-refractivity contribution is 5.95. The molecule has 4 heteroatoms. The maximum Gasteiger partial charge on any atom is 0.125 e. The van der Waals surface area contributed by atoms with Crippen molar-refractivity contribution in [3.8, 4) is 5.75 Å². The summed E-state index contributed by atoms with van der Waals surface area (Å²) in [5, 5.41) is 4.86. The second-order valence-electron chi connectivity index (χ2n) is 7.25. The van der Waals surface area contributed by atoms with Crippen molar-refractivity contribution in [3.63, 3.8) is 0 Å². The molecule has 0 spiro atoms. The number of nitrogens with one attached hydrogen (secondary N) is 1. The summed E-state index contributed by atoms with van der Waals surface area (Å²) in [7, 11) is 1.78. The third-order valence-corrected chi connectivity index (χ3v) is 5.37. The summed E-state index contributed by atoms with van der Waals surface area (Å²) in [6.07, 6.45) is 10.4. The van der Waals surface area contributed by atoms with Crippen LogP contribution >= 0.6 is 0 Å². The number of nitrogens with zero attached hydrogens (tertiary/aromatic N) is 1. The number of rotatable bonds is 7. The van der Waals surface area contributed by atoms with E-state index in [0.29, 0.717) is 12.0 Å². The number of hydrogen-bond donors (Lipinski definition) is 2. The number of methoxy groups -OCH3 is 1. The molecule has 25 heavy (non-hydrogen) atoms. The predicted octanol–water partition coefficient (Wildman–Crippen LogP) is 4.83. The molecule has 1 fully saturated rings. The second kappa shape index (κ2) is 8.52. The molecule has 3 N–H and O–H groups in total. The van der Waals surface area contributed by atoms with Crippen LogP contribution in [0.1, 0.15) is 63.4 Å². The van der Waals surface area contributed by atoms with Crippen molar-refractivity contribution in [2.24, 2.45) is 5.73 Å². The average Bonchev–Trinajstić information content (AvgIpc) is 2.66. The zero-order valence-electron chi connectivity index (χ0n) is 15.6. The Labute approximate surface area is 151 Å². The number of ether oxygens (including phenoxy) is 1. The first-order valence-electron chi connectivity index (χ1n) is 9.66. The molecule has 0 saturated heterocycles. The van der Waals surface area contributed by atoms with Crippen LogP contribution in [0.2, 0.25) is 0 Å². The topological polar surface area (TPSA) is 60.2 Å². The van der Waals surface area contributed by atoms with E-state index in [1.807, 2.05) is 12.3 Å². The van der Waals surface area contributed by atoms with Gasteiger partial charge in [-0.25, -0.2) is 0 Å². The van der Waals surface area contributed by atoms with Crippen LogP contribution in [0.4, 0.5) is 5.69 Å². The molecule has 1 aliphatic rings. The Morgan fingerprint density at radius 1 is 1.32 bits per heavy atom. The quantitative estimate of drug-likeness (QED) is 0.757. The molecule has 0 aliphatic heterocycles. The van der Waals surface area contributed by atoms with E-state index in [-0.39, 0.29) is 0 Å². The van der Waals surface area contributed by atoms with Crippen LogP contribution in [-0.4, -0.2) is 24.7 Å². The summed E-state index contributed by atoms with van der Waals surface area (Å²) >= 11 is 0. The van der Waals surface area contributed by atoms with Crippen molar-refractivity contribution in [3.05, 3.63) is 30.0 Å². The van der Waals surface area contributed by atoms with Crippen LogP contribution in [0.5, 0.6) is 5.75 Å². The molecule has 3 rings (SSSR count). The maximum absolute atomic E-state index is 5.82. The van der Waals surface area contributed by atoms with E-state index in [4.69, 9.17) is 15.5 Å². The second-order valence-corrected chi connectivity index (χ2v) is 7.25. The summed E-state index contributed by atoms with van der Waals surface area (Å²) in [6, 6.07) is 6.75. The molecule has 1 atom stereocenters. The highest BCUT2D eigenvalue weighted by atomic mass is 16.5. The van der Waals surface area contributed by atoms with E-state index in [2.05, 4.69) is 24.4 Å². The van der Waals surface area contributed by atoms with Gasteiger partial charge in [-0.2, -0.15) is 0 Å². The third-order valence-electron chi connectivity index (χ3n) is 5.37. The monoisotopic (exact) mass is 341 g/mol. The Bertz CT molecular complexity index is 695. The lowest BCUT2D eigenvalue weighted by Gasteiger charge is -2.26. The van der Waals surface area contributed by atoms with E-state index in [1.54, 1.807) is 7.11 Å². The molecule has 1 unspecified atom stereocenters. The number of anilines is 1. The minimum Gasteiger partial charge on any atom is -0.496 e. The smallest absolute Gasteiger partial charge is 0.125 e. The van der Waals surface area contributed by atoms with Crippen molar-refractivity contribution in [2.45, 2.75) is 63.8 Å². The standard InChI is InChI=1S/C21H31N3O/c1-15(8-6-12-22)24-18-14-19(25-2)20(16-9-4-3-5-10-16)17-11-7-13-23-21(17)18/h7,11,13-16,24H,3-6,8-10,12,22H2,1-2H3. The van der Waals surface area contributed by atoms with E-state index in [0.717, 1.165) is 36.3 Å². The summed E-state index contributed by atoms with van der Waals surface area (Å²) in [4.78, 5) is 4.70. The zero-order chi connectivity index (χ0) is 17.6. The zero-order valence-corrected chi connectivity index (χ0v) is 15.6. The van der Waals surface area contributed by atoms with Crippen LogP contribution in [0.25, 0.3) is 10.9 Å². The summed E-state index contributed by atoms with van der Waals surface area (Å²) in [6.45, 7) is 2.93. The lowest BCUT2D eigenvalue weighted by Crippen LogP contribution is -2.17. The van der Waals surface area contributed by atoms with E-state index in [1.165, 1.54) is 43.1 Å². The SMILES string of the molecule is COc1cc(NC(C)CCCN)c2ncccc2c1C1CCCCC1. The lowest BCUT2D eigenvalue weighted by atomic mass is 9.82. The third kappa shape index (κ3) is 4.06. The molecule has 0 radical (unpaired) electrons. The fourth-order valence-electron chi connectivity index (χ4n) is 4.10. The molecule has 1 aromatic carbocycles. The minimum atomic E-state index is 0.360. The molecule has 136 valence electrons. The van der Waals surface area contributed by atoms with Gasteiger partial charge in [0.05, 0.1) is 18.3 Å². The molecular formula is C21H31N3O. The predicted molar refractivity (Wildman–Crippen MR) is 105 cm³/mol. The van der Waals surface area contributed by atoms with Gasteiger partial charge in [-0.05, 0) is 51.1 Å². The van der Waals surface area contributed by atoms with Gasteiger partial charge in [-0.3, -0.25) is 4.98 Å². The number of hydrogen-bond acceptors (Lipinski definition) is 4. The van der Waals surface area contributed by atoms with E-state index in [9.17, 15) is 0 Å². The highest BCUT2D eigenvalue weighted by Crippen LogP contribution is 2.43. The van der Waals surface area contributed by atoms with Gasteiger partial charge in [-0.1, -0.05) is 25.3 Å². The highest BCUT2D eigenvalue weighted by Gasteiger charge is 2.23. The molecule has 1 aromatic heterocycles. The van der Waals surface area contributed by atoms with Crippen LogP contribution in [0.3, 0.4) is 0 Å². The number of fused-ring (bicyclic) bond motifs is 1. The van der Waals surface area contributed by atoms with Crippen molar-refractivity contribution in [1.82, 2.24) is 4.98 Å². The van der Waals surface area contributed by atoms with Gasteiger partial charge >= 0.3 is 0 Å². The maximum atomic E-state index is 5.82. The van der Waals surface area contributed by atoms with Crippen molar-refractivity contribution in [1.29, 1.82) is 0 Å². The fourth-order valence-corrected chi connectivity index (χ4v) is 4.10. The molecule has 2 aromatic rings. The number of nitrogens with two attached hydrogens (primary N) is 1. The average molecular weight is 341 g/mol. The van der Waals surface area contributed by atoms with Gasteiger partial charge in [0.2, 0.25) is 0 Å². The molecule has 4 nitrogen and oxygen atoms in total. The van der Waals surface area contributed by atoms with Crippen molar-refractivity contribution < 1.29 is 4.74 Å². The molecule has 1 saturated carbocycles.